The summed E-state index contributed by atoms with van der Waals surface area (Å²) in [6.07, 6.45) is -1.79. The van der Waals surface area contributed by atoms with E-state index in [0.717, 1.165) is 11.3 Å². The maximum absolute atomic E-state index is 12.5. The smallest absolute Gasteiger partial charge is 0.263 e. The van der Waals surface area contributed by atoms with E-state index in [9.17, 15) is 8.78 Å². The fraction of sp³-hybridized carbons (Fsp3) is 0.286. The Morgan fingerprint density at radius 3 is 2.60 bits per heavy atom. The molecule has 1 aliphatic rings. The van der Waals surface area contributed by atoms with Gasteiger partial charge in [-0.25, -0.2) is 18.7 Å². The number of hydrogen-bond acceptors (Lipinski definition) is 4. The van der Waals surface area contributed by atoms with Crippen molar-refractivity contribution in [1.82, 2.24) is 9.97 Å². The topological polar surface area (TPSA) is 61.0 Å². The van der Waals surface area contributed by atoms with Gasteiger partial charge in [0, 0.05) is 23.1 Å². The molecule has 0 unspecified atom stereocenters. The van der Waals surface area contributed by atoms with Gasteiger partial charge in [-0.1, -0.05) is 24.3 Å². The third-order valence-corrected chi connectivity index (χ3v) is 3.28. The number of anilines is 1. The van der Waals surface area contributed by atoms with Crippen LogP contribution in [0.4, 0.5) is 14.6 Å². The molecular formula is C14H13F2N3O. The molecular weight excluding hydrogens is 264 g/mol. The quantitative estimate of drug-likeness (QED) is 0.916. The highest BCUT2D eigenvalue weighted by atomic mass is 19.3. The third-order valence-electron chi connectivity index (χ3n) is 3.28. The lowest BCUT2D eigenvalue weighted by Crippen LogP contribution is -2.16. The second-order valence-electron chi connectivity index (χ2n) is 4.58. The number of hydrogen-bond donors (Lipinski definition) is 1. The summed E-state index contributed by atoms with van der Waals surface area (Å²) < 4.78 is 30.4. The normalized spacial score (nSPS) is 14.3. The highest BCUT2D eigenvalue weighted by molar-refractivity contribution is 5.59. The standard InChI is InChI=1S/C14H13F2N3O/c15-12(16)8-1-3-9(4-2-8)14-18-11-5-6-20-7-10(11)13(17)19-14/h1-4,12H,5-7H2,(H2,17,18,19). The average Bonchev–Trinajstić information content (AvgIpc) is 2.47. The molecule has 1 aromatic carbocycles. The minimum Gasteiger partial charge on any atom is -0.383 e. The van der Waals surface area contributed by atoms with E-state index in [1.165, 1.54) is 12.1 Å². The number of benzene rings is 1. The van der Waals surface area contributed by atoms with Gasteiger partial charge >= 0.3 is 0 Å². The van der Waals surface area contributed by atoms with Gasteiger partial charge in [-0.2, -0.15) is 0 Å². The van der Waals surface area contributed by atoms with Crippen LogP contribution in [-0.2, 0) is 17.8 Å². The predicted octanol–water partition coefficient (Wildman–Crippen LogP) is 2.74. The molecule has 0 saturated carbocycles. The molecule has 20 heavy (non-hydrogen) atoms. The number of nitrogens with two attached hydrogens (primary N) is 1. The van der Waals surface area contributed by atoms with Crippen molar-refractivity contribution in [3.8, 4) is 11.4 Å². The lowest BCUT2D eigenvalue weighted by molar-refractivity contribution is 0.109. The van der Waals surface area contributed by atoms with E-state index in [2.05, 4.69) is 9.97 Å². The molecule has 1 aromatic heterocycles. The molecule has 0 fully saturated rings. The minimum absolute atomic E-state index is 0.0203. The van der Waals surface area contributed by atoms with E-state index < -0.39 is 6.43 Å². The molecule has 2 heterocycles. The molecule has 0 spiro atoms. The van der Waals surface area contributed by atoms with Crippen molar-refractivity contribution in [1.29, 1.82) is 0 Å². The molecule has 0 atom stereocenters. The SMILES string of the molecule is Nc1nc(-c2ccc(C(F)F)cc2)nc2c1COCC2. The Kier molecular flexibility index (Phi) is 3.31. The monoisotopic (exact) mass is 277 g/mol. The Morgan fingerprint density at radius 2 is 1.90 bits per heavy atom. The van der Waals surface area contributed by atoms with Gasteiger partial charge in [0.25, 0.3) is 6.43 Å². The van der Waals surface area contributed by atoms with Crippen molar-refractivity contribution >= 4 is 5.82 Å². The zero-order valence-corrected chi connectivity index (χ0v) is 10.6. The van der Waals surface area contributed by atoms with Crippen LogP contribution >= 0.6 is 0 Å². The summed E-state index contributed by atoms with van der Waals surface area (Å²) in [6.45, 7) is 1.03. The third kappa shape index (κ3) is 2.34. The van der Waals surface area contributed by atoms with Crippen LogP contribution in [-0.4, -0.2) is 16.6 Å². The van der Waals surface area contributed by atoms with Gasteiger partial charge in [-0.3, -0.25) is 0 Å². The summed E-state index contributed by atoms with van der Waals surface area (Å²) >= 11 is 0. The number of halogens is 2. The molecule has 0 amide bonds. The van der Waals surface area contributed by atoms with Crippen LogP contribution in [0.2, 0.25) is 0 Å². The first-order valence-corrected chi connectivity index (χ1v) is 6.26. The molecule has 6 heteroatoms. The van der Waals surface area contributed by atoms with Gasteiger partial charge < -0.3 is 10.5 Å². The highest BCUT2D eigenvalue weighted by Crippen LogP contribution is 2.26. The van der Waals surface area contributed by atoms with E-state index in [4.69, 9.17) is 10.5 Å². The average molecular weight is 277 g/mol. The number of rotatable bonds is 2. The largest absolute Gasteiger partial charge is 0.383 e. The minimum atomic E-state index is -2.48. The number of fused-ring (bicyclic) bond motifs is 1. The number of nitrogens with zero attached hydrogens (tertiary/aromatic N) is 2. The van der Waals surface area contributed by atoms with Crippen LogP contribution in [0.1, 0.15) is 23.2 Å². The number of alkyl halides is 2. The molecule has 3 rings (SSSR count). The van der Waals surface area contributed by atoms with Gasteiger partial charge in [0.15, 0.2) is 5.82 Å². The fourth-order valence-corrected chi connectivity index (χ4v) is 2.16. The first-order valence-electron chi connectivity index (χ1n) is 6.26. The Labute approximate surface area is 114 Å². The number of aromatic nitrogens is 2. The lowest BCUT2D eigenvalue weighted by Gasteiger charge is -2.17. The van der Waals surface area contributed by atoms with Crippen molar-refractivity contribution in [3.05, 3.63) is 41.1 Å². The summed E-state index contributed by atoms with van der Waals surface area (Å²) in [7, 11) is 0. The van der Waals surface area contributed by atoms with Gasteiger partial charge in [-0.15, -0.1) is 0 Å². The maximum Gasteiger partial charge on any atom is 0.263 e. The molecule has 104 valence electrons. The molecule has 0 aliphatic carbocycles. The Balaban J connectivity index is 1.99. The first-order chi connectivity index (χ1) is 9.65. The van der Waals surface area contributed by atoms with Gasteiger partial charge in [0.05, 0.1) is 18.9 Å². The maximum atomic E-state index is 12.5. The molecule has 1 aliphatic heterocycles. The van der Waals surface area contributed by atoms with Crippen molar-refractivity contribution in [2.75, 3.05) is 12.3 Å². The van der Waals surface area contributed by atoms with E-state index in [0.29, 0.717) is 36.8 Å². The van der Waals surface area contributed by atoms with Gasteiger partial charge in [0.2, 0.25) is 0 Å². The summed E-state index contributed by atoms with van der Waals surface area (Å²) in [5, 5.41) is 0. The van der Waals surface area contributed by atoms with Crippen LogP contribution in [0.25, 0.3) is 11.4 Å². The predicted molar refractivity (Wildman–Crippen MR) is 70.2 cm³/mol. The molecule has 2 aromatic rings. The summed E-state index contributed by atoms with van der Waals surface area (Å²) in [6, 6.07) is 5.92. The zero-order valence-electron chi connectivity index (χ0n) is 10.6. The van der Waals surface area contributed by atoms with E-state index >= 15 is 0 Å². The van der Waals surface area contributed by atoms with Gasteiger partial charge in [-0.05, 0) is 0 Å². The summed E-state index contributed by atoms with van der Waals surface area (Å²) in [4.78, 5) is 8.69. The van der Waals surface area contributed by atoms with Crippen LogP contribution < -0.4 is 5.73 Å². The number of nitrogen functional groups attached to an aromatic ring is 1. The second kappa shape index (κ2) is 5.13. The van der Waals surface area contributed by atoms with Crippen LogP contribution in [0.5, 0.6) is 0 Å². The lowest BCUT2D eigenvalue weighted by atomic mass is 10.1. The molecule has 2 N–H and O–H groups in total. The fourth-order valence-electron chi connectivity index (χ4n) is 2.16. The Bertz CT molecular complexity index is 629. The van der Waals surface area contributed by atoms with Crippen molar-refractivity contribution in [3.63, 3.8) is 0 Å². The first kappa shape index (κ1) is 12.9. The number of ether oxygens (including phenoxy) is 1. The van der Waals surface area contributed by atoms with E-state index in [-0.39, 0.29) is 5.56 Å². The van der Waals surface area contributed by atoms with E-state index in [1.807, 2.05) is 0 Å². The molecule has 0 radical (unpaired) electrons. The molecule has 4 nitrogen and oxygen atoms in total. The van der Waals surface area contributed by atoms with E-state index in [1.54, 1.807) is 12.1 Å². The Hall–Kier alpha value is -2.08. The molecule has 0 saturated heterocycles. The Morgan fingerprint density at radius 1 is 1.15 bits per heavy atom. The van der Waals surface area contributed by atoms with Gasteiger partial charge in [0.1, 0.15) is 5.82 Å². The summed E-state index contributed by atoms with van der Waals surface area (Å²) in [5.74, 6) is 0.853. The molecule has 0 bridgehead atoms. The van der Waals surface area contributed by atoms with Crippen molar-refractivity contribution in [2.24, 2.45) is 0 Å². The highest BCUT2D eigenvalue weighted by Gasteiger charge is 2.17. The summed E-state index contributed by atoms with van der Waals surface area (Å²) in [5.41, 5.74) is 8.26. The van der Waals surface area contributed by atoms with Crippen molar-refractivity contribution < 1.29 is 13.5 Å². The second-order valence-corrected chi connectivity index (χ2v) is 4.58. The zero-order chi connectivity index (χ0) is 14.1. The van der Waals surface area contributed by atoms with Crippen LogP contribution in [0.15, 0.2) is 24.3 Å². The van der Waals surface area contributed by atoms with Crippen LogP contribution in [0, 0.1) is 0 Å². The van der Waals surface area contributed by atoms with Crippen molar-refractivity contribution in [2.45, 2.75) is 19.5 Å². The van der Waals surface area contributed by atoms with Crippen LogP contribution in [0.3, 0.4) is 0 Å².